The van der Waals surface area contributed by atoms with E-state index < -0.39 is 0 Å². The van der Waals surface area contributed by atoms with Crippen molar-refractivity contribution in [3.8, 4) is 5.75 Å². The molecule has 0 spiro atoms. The first-order chi connectivity index (χ1) is 14.2. The second-order valence-corrected chi connectivity index (χ2v) is 7.87. The molecule has 2 aromatic rings. The van der Waals surface area contributed by atoms with Crippen molar-refractivity contribution in [2.24, 2.45) is 0 Å². The van der Waals surface area contributed by atoms with Gasteiger partial charge in [0.1, 0.15) is 12.4 Å². The van der Waals surface area contributed by atoms with Crippen LogP contribution in [0.4, 0.5) is 4.79 Å². The van der Waals surface area contributed by atoms with E-state index in [1.54, 1.807) is 0 Å². The lowest BCUT2D eigenvalue weighted by molar-refractivity contribution is 0.0510. The molecule has 0 saturated carbocycles. The standard InChI is InChI=1S/C25H29NO3/c1-2-14-28-24-13-6-10-20(17-24)21-15-22-11-7-12-23(16-21)26(22)25(27)29-18-19-8-4-3-5-9-19/h3-6,8-10,13,15,17,22-23H,2,7,11-12,14,16,18H2,1H3. The Morgan fingerprint density at radius 3 is 2.76 bits per heavy atom. The van der Waals surface area contributed by atoms with Crippen molar-refractivity contribution in [2.75, 3.05) is 6.61 Å². The van der Waals surface area contributed by atoms with Crippen LogP contribution in [0.3, 0.4) is 0 Å². The molecule has 0 radical (unpaired) electrons. The number of fused-ring (bicyclic) bond motifs is 2. The molecule has 0 aliphatic carbocycles. The first-order valence-corrected chi connectivity index (χ1v) is 10.7. The Morgan fingerprint density at radius 2 is 1.97 bits per heavy atom. The smallest absolute Gasteiger partial charge is 0.410 e. The number of nitrogens with zero attached hydrogens (tertiary/aromatic N) is 1. The molecule has 1 amide bonds. The number of carbonyl (C=O) groups excluding carboxylic acids is 1. The van der Waals surface area contributed by atoms with Gasteiger partial charge in [-0.1, -0.05) is 55.5 Å². The third-order valence-corrected chi connectivity index (χ3v) is 5.73. The molecule has 29 heavy (non-hydrogen) atoms. The lowest BCUT2D eigenvalue weighted by Gasteiger charge is -2.44. The third-order valence-electron chi connectivity index (χ3n) is 5.73. The van der Waals surface area contributed by atoms with Crippen molar-refractivity contribution >= 4 is 11.7 Å². The van der Waals surface area contributed by atoms with Gasteiger partial charge in [0, 0.05) is 6.04 Å². The minimum atomic E-state index is -0.195. The molecule has 2 aliphatic rings. The van der Waals surface area contributed by atoms with Crippen LogP contribution in [-0.2, 0) is 11.3 Å². The maximum absolute atomic E-state index is 12.9. The Balaban J connectivity index is 1.47. The van der Waals surface area contributed by atoms with Gasteiger partial charge in [-0.15, -0.1) is 0 Å². The fourth-order valence-electron chi connectivity index (χ4n) is 4.33. The number of piperidine rings is 1. The van der Waals surface area contributed by atoms with Crippen molar-refractivity contribution in [2.45, 2.75) is 57.7 Å². The van der Waals surface area contributed by atoms with Crippen LogP contribution in [-0.4, -0.2) is 29.7 Å². The largest absolute Gasteiger partial charge is 0.494 e. The molecule has 0 aromatic heterocycles. The van der Waals surface area contributed by atoms with Crippen LogP contribution in [0.25, 0.3) is 5.57 Å². The molecule has 1 saturated heterocycles. The van der Waals surface area contributed by atoms with E-state index >= 15 is 0 Å². The highest BCUT2D eigenvalue weighted by Crippen LogP contribution is 2.38. The lowest BCUT2D eigenvalue weighted by atomic mass is 9.83. The molecule has 2 aliphatic heterocycles. The molecule has 2 aromatic carbocycles. The maximum atomic E-state index is 12.9. The van der Waals surface area contributed by atoms with Gasteiger partial charge >= 0.3 is 6.09 Å². The zero-order valence-corrected chi connectivity index (χ0v) is 17.0. The average Bonchev–Trinajstić information content (AvgIpc) is 2.76. The van der Waals surface area contributed by atoms with Crippen LogP contribution >= 0.6 is 0 Å². The van der Waals surface area contributed by atoms with Gasteiger partial charge < -0.3 is 9.47 Å². The highest BCUT2D eigenvalue weighted by molar-refractivity contribution is 5.75. The van der Waals surface area contributed by atoms with E-state index in [0.29, 0.717) is 6.61 Å². The van der Waals surface area contributed by atoms with Gasteiger partial charge in [-0.25, -0.2) is 4.79 Å². The van der Waals surface area contributed by atoms with Gasteiger partial charge in [0.2, 0.25) is 0 Å². The van der Waals surface area contributed by atoms with Crippen molar-refractivity contribution in [3.63, 3.8) is 0 Å². The zero-order chi connectivity index (χ0) is 20.1. The van der Waals surface area contributed by atoms with Crippen LogP contribution in [0.15, 0.2) is 60.7 Å². The molecular formula is C25H29NO3. The van der Waals surface area contributed by atoms with Crippen LogP contribution in [0.5, 0.6) is 5.75 Å². The van der Waals surface area contributed by atoms with Crippen molar-refractivity contribution in [3.05, 3.63) is 71.8 Å². The number of rotatable bonds is 6. The van der Waals surface area contributed by atoms with Crippen molar-refractivity contribution < 1.29 is 14.3 Å². The molecule has 152 valence electrons. The summed E-state index contributed by atoms with van der Waals surface area (Å²) in [7, 11) is 0. The van der Waals surface area contributed by atoms with Gasteiger partial charge in [-0.05, 0) is 60.9 Å². The fraction of sp³-hybridized carbons (Fsp3) is 0.400. The summed E-state index contributed by atoms with van der Waals surface area (Å²) in [5.74, 6) is 0.917. The fourth-order valence-corrected chi connectivity index (χ4v) is 4.33. The van der Waals surface area contributed by atoms with Crippen molar-refractivity contribution in [1.29, 1.82) is 0 Å². The summed E-state index contributed by atoms with van der Waals surface area (Å²) >= 11 is 0. The number of amides is 1. The highest BCUT2D eigenvalue weighted by Gasteiger charge is 2.38. The Labute approximate surface area is 173 Å². The minimum Gasteiger partial charge on any atom is -0.494 e. The number of benzene rings is 2. The van der Waals surface area contributed by atoms with Crippen LogP contribution < -0.4 is 4.74 Å². The molecule has 4 heteroatoms. The summed E-state index contributed by atoms with van der Waals surface area (Å²) in [5, 5.41) is 0. The zero-order valence-electron chi connectivity index (χ0n) is 17.0. The summed E-state index contributed by atoms with van der Waals surface area (Å²) in [6.07, 6.45) is 7.11. The molecule has 0 N–H and O–H groups in total. The van der Waals surface area contributed by atoms with Gasteiger partial charge in [0.15, 0.2) is 0 Å². The van der Waals surface area contributed by atoms with E-state index in [1.807, 2.05) is 41.3 Å². The molecule has 2 unspecified atom stereocenters. The summed E-state index contributed by atoms with van der Waals surface area (Å²) < 4.78 is 11.4. The summed E-state index contributed by atoms with van der Waals surface area (Å²) in [6.45, 7) is 3.16. The topological polar surface area (TPSA) is 38.8 Å². The molecule has 4 rings (SSSR count). The lowest BCUT2D eigenvalue weighted by Crippen LogP contribution is -2.51. The molecule has 2 bridgehead atoms. The second-order valence-electron chi connectivity index (χ2n) is 7.87. The van der Waals surface area contributed by atoms with E-state index in [4.69, 9.17) is 9.47 Å². The Bertz CT molecular complexity index is 861. The average molecular weight is 392 g/mol. The first-order valence-electron chi connectivity index (χ1n) is 10.7. The number of carbonyl (C=O) groups is 1. The van der Waals surface area contributed by atoms with Crippen LogP contribution in [0.2, 0.25) is 0 Å². The number of ether oxygens (including phenoxy) is 2. The van der Waals surface area contributed by atoms with E-state index in [-0.39, 0.29) is 18.2 Å². The van der Waals surface area contributed by atoms with Gasteiger partial charge in [-0.2, -0.15) is 0 Å². The highest BCUT2D eigenvalue weighted by atomic mass is 16.6. The molecule has 4 nitrogen and oxygen atoms in total. The summed E-state index contributed by atoms with van der Waals surface area (Å²) in [6, 6.07) is 18.5. The molecule has 2 heterocycles. The predicted octanol–water partition coefficient (Wildman–Crippen LogP) is 5.82. The third kappa shape index (κ3) is 4.64. The monoisotopic (exact) mass is 391 g/mol. The maximum Gasteiger partial charge on any atom is 0.410 e. The van der Waals surface area contributed by atoms with E-state index in [1.165, 1.54) is 11.1 Å². The molecular weight excluding hydrogens is 362 g/mol. The van der Waals surface area contributed by atoms with Crippen LogP contribution in [0, 0.1) is 0 Å². The summed E-state index contributed by atoms with van der Waals surface area (Å²) in [4.78, 5) is 14.8. The quantitative estimate of drug-likeness (QED) is 0.622. The van der Waals surface area contributed by atoms with Gasteiger partial charge in [0.05, 0.1) is 12.6 Å². The van der Waals surface area contributed by atoms with Crippen LogP contribution in [0.1, 0.15) is 50.2 Å². The predicted molar refractivity (Wildman–Crippen MR) is 115 cm³/mol. The summed E-state index contributed by atoms with van der Waals surface area (Å²) in [5.41, 5.74) is 3.53. The van der Waals surface area contributed by atoms with E-state index in [2.05, 4.69) is 31.2 Å². The normalized spacial score (nSPS) is 20.7. The number of hydrogen-bond acceptors (Lipinski definition) is 3. The SMILES string of the molecule is CCCOc1cccc(C2=CC3CCCC(C2)N3C(=O)OCc2ccccc2)c1. The van der Waals surface area contributed by atoms with Crippen molar-refractivity contribution in [1.82, 2.24) is 4.90 Å². The number of hydrogen-bond donors (Lipinski definition) is 0. The van der Waals surface area contributed by atoms with Gasteiger partial charge in [0.25, 0.3) is 0 Å². The Hall–Kier alpha value is -2.75. The molecule has 2 atom stereocenters. The first kappa shape index (κ1) is 19.6. The Morgan fingerprint density at radius 1 is 1.10 bits per heavy atom. The molecule has 1 fully saturated rings. The van der Waals surface area contributed by atoms with E-state index in [0.717, 1.165) is 50.0 Å². The second kappa shape index (κ2) is 9.17. The minimum absolute atomic E-state index is 0.112. The Kier molecular flexibility index (Phi) is 6.18. The van der Waals surface area contributed by atoms with E-state index in [9.17, 15) is 4.79 Å². The van der Waals surface area contributed by atoms with Gasteiger partial charge in [-0.3, -0.25) is 4.90 Å².